The van der Waals surface area contributed by atoms with Crippen molar-refractivity contribution in [2.75, 3.05) is 12.4 Å². The van der Waals surface area contributed by atoms with Gasteiger partial charge >= 0.3 is 5.97 Å². The van der Waals surface area contributed by atoms with Crippen molar-refractivity contribution in [2.45, 2.75) is 6.92 Å². The summed E-state index contributed by atoms with van der Waals surface area (Å²) in [5.74, 6) is -0.447. The highest BCUT2D eigenvalue weighted by Crippen LogP contribution is 2.26. The maximum Gasteiger partial charge on any atom is 0.356 e. The summed E-state index contributed by atoms with van der Waals surface area (Å²) in [5, 5.41) is 4.30. The lowest BCUT2D eigenvalue weighted by molar-refractivity contribution is 0.0594. The molecule has 0 aliphatic rings. The van der Waals surface area contributed by atoms with Crippen molar-refractivity contribution >= 4 is 28.2 Å². The number of esters is 1. The molecule has 0 amide bonds. The number of ether oxygens (including phenoxy) is 1. The van der Waals surface area contributed by atoms with Gasteiger partial charge in [-0.2, -0.15) is 0 Å². The summed E-state index contributed by atoms with van der Waals surface area (Å²) in [4.78, 5) is 16.1. The molecule has 4 heteroatoms. The molecule has 110 valence electrons. The Hall–Kier alpha value is -2.88. The summed E-state index contributed by atoms with van der Waals surface area (Å²) in [6.07, 6.45) is 0. The number of carbonyl (C=O) groups excluding carboxylic acids is 1. The van der Waals surface area contributed by atoms with Crippen molar-refractivity contribution in [1.82, 2.24) is 4.98 Å². The van der Waals surface area contributed by atoms with Gasteiger partial charge in [0.1, 0.15) is 0 Å². The third-order valence-corrected chi connectivity index (χ3v) is 3.44. The predicted molar refractivity (Wildman–Crippen MR) is 87.5 cm³/mol. The molecule has 0 aliphatic heterocycles. The van der Waals surface area contributed by atoms with E-state index >= 15 is 0 Å². The van der Waals surface area contributed by atoms with Crippen LogP contribution < -0.4 is 5.32 Å². The highest BCUT2D eigenvalue weighted by molar-refractivity contribution is 5.98. The summed E-state index contributed by atoms with van der Waals surface area (Å²) in [6, 6.07) is 17.5. The number of benzene rings is 2. The first-order chi connectivity index (χ1) is 10.7. The van der Waals surface area contributed by atoms with Crippen LogP contribution in [0.25, 0.3) is 10.9 Å². The van der Waals surface area contributed by atoms with Crippen LogP contribution in [0.4, 0.5) is 11.4 Å². The molecule has 0 fully saturated rings. The smallest absolute Gasteiger partial charge is 0.356 e. The van der Waals surface area contributed by atoms with Gasteiger partial charge in [0.05, 0.1) is 18.3 Å². The Morgan fingerprint density at radius 2 is 1.82 bits per heavy atom. The standard InChI is InChI=1S/C18H16N2O2/c1-12-7-9-13(10-8-12)19-16-11-17(18(21)22-2)20-15-6-4-3-5-14(15)16/h3-11H,1-2H3,(H,19,20). The Kier molecular flexibility index (Phi) is 3.74. The Balaban J connectivity index is 2.09. The van der Waals surface area contributed by atoms with Gasteiger partial charge in [-0.25, -0.2) is 9.78 Å². The van der Waals surface area contributed by atoms with E-state index in [4.69, 9.17) is 4.74 Å². The second-order valence-corrected chi connectivity index (χ2v) is 5.05. The number of pyridine rings is 1. The molecule has 3 rings (SSSR count). The first-order valence-electron chi connectivity index (χ1n) is 6.99. The second kappa shape index (κ2) is 5.85. The first-order valence-corrected chi connectivity index (χ1v) is 6.99. The summed E-state index contributed by atoms with van der Waals surface area (Å²) < 4.78 is 4.78. The van der Waals surface area contributed by atoms with Crippen LogP contribution in [0.1, 0.15) is 16.1 Å². The van der Waals surface area contributed by atoms with Crippen molar-refractivity contribution in [2.24, 2.45) is 0 Å². The summed E-state index contributed by atoms with van der Waals surface area (Å²) in [7, 11) is 1.35. The van der Waals surface area contributed by atoms with E-state index in [1.54, 1.807) is 6.07 Å². The lowest BCUT2D eigenvalue weighted by atomic mass is 10.1. The van der Waals surface area contributed by atoms with Gasteiger partial charge in [-0.05, 0) is 31.2 Å². The van der Waals surface area contributed by atoms with Crippen LogP contribution in [0.5, 0.6) is 0 Å². The first kappa shape index (κ1) is 14.1. The number of anilines is 2. The van der Waals surface area contributed by atoms with Crippen LogP contribution >= 0.6 is 0 Å². The highest BCUT2D eigenvalue weighted by atomic mass is 16.5. The molecule has 1 aromatic heterocycles. The van der Waals surface area contributed by atoms with E-state index < -0.39 is 5.97 Å². The molecule has 0 unspecified atom stereocenters. The normalized spacial score (nSPS) is 10.5. The average Bonchev–Trinajstić information content (AvgIpc) is 2.56. The Labute approximate surface area is 128 Å². The zero-order valence-corrected chi connectivity index (χ0v) is 12.5. The number of aromatic nitrogens is 1. The SMILES string of the molecule is COC(=O)c1cc(Nc2ccc(C)cc2)c2ccccc2n1. The van der Waals surface area contributed by atoms with Crippen molar-refractivity contribution in [3.63, 3.8) is 0 Å². The number of para-hydroxylation sites is 1. The van der Waals surface area contributed by atoms with Crippen molar-refractivity contribution in [1.29, 1.82) is 0 Å². The Morgan fingerprint density at radius 1 is 1.09 bits per heavy atom. The molecule has 0 aliphatic carbocycles. The van der Waals surface area contributed by atoms with Gasteiger partial charge in [0.2, 0.25) is 0 Å². The van der Waals surface area contributed by atoms with Crippen molar-refractivity contribution in [3.8, 4) is 0 Å². The third-order valence-electron chi connectivity index (χ3n) is 3.44. The summed E-state index contributed by atoms with van der Waals surface area (Å²) >= 11 is 0. The summed E-state index contributed by atoms with van der Waals surface area (Å²) in [5.41, 5.74) is 4.02. The molecule has 1 N–H and O–H groups in total. The second-order valence-electron chi connectivity index (χ2n) is 5.05. The topological polar surface area (TPSA) is 51.2 Å². The van der Waals surface area contributed by atoms with Gasteiger partial charge in [-0.15, -0.1) is 0 Å². The molecule has 0 saturated carbocycles. The Morgan fingerprint density at radius 3 is 2.55 bits per heavy atom. The number of methoxy groups -OCH3 is 1. The minimum atomic E-state index is -0.447. The minimum Gasteiger partial charge on any atom is -0.464 e. The van der Waals surface area contributed by atoms with E-state index in [2.05, 4.69) is 10.3 Å². The maximum atomic E-state index is 11.8. The molecule has 2 aromatic carbocycles. The third kappa shape index (κ3) is 2.76. The Bertz CT molecular complexity index is 826. The predicted octanol–water partition coefficient (Wildman–Crippen LogP) is 4.07. The molecule has 1 heterocycles. The lowest BCUT2D eigenvalue weighted by Crippen LogP contribution is -2.05. The van der Waals surface area contributed by atoms with Crippen molar-refractivity contribution in [3.05, 3.63) is 65.9 Å². The van der Waals surface area contributed by atoms with Crippen LogP contribution in [-0.2, 0) is 4.74 Å². The molecule has 22 heavy (non-hydrogen) atoms. The van der Waals surface area contributed by atoms with Gasteiger partial charge < -0.3 is 10.1 Å². The van der Waals surface area contributed by atoms with Crippen LogP contribution in [0.15, 0.2) is 54.6 Å². The average molecular weight is 292 g/mol. The van der Waals surface area contributed by atoms with Crippen LogP contribution in [0.2, 0.25) is 0 Å². The van der Waals surface area contributed by atoms with E-state index in [0.29, 0.717) is 0 Å². The monoisotopic (exact) mass is 292 g/mol. The molecular formula is C18H16N2O2. The number of aryl methyl sites for hydroxylation is 1. The largest absolute Gasteiger partial charge is 0.464 e. The minimum absolute atomic E-state index is 0.288. The number of rotatable bonds is 3. The van der Waals surface area contributed by atoms with Crippen LogP contribution in [0, 0.1) is 6.92 Å². The number of nitrogens with one attached hydrogen (secondary N) is 1. The van der Waals surface area contributed by atoms with E-state index in [0.717, 1.165) is 22.3 Å². The van der Waals surface area contributed by atoms with E-state index in [1.165, 1.54) is 12.7 Å². The number of hydrogen-bond donors (Lipinski definition) is 1. The molecule has 0 bridgehead atoms. The quantitative estimate of drug-likeness (QED) is 0.739. The number of fused-ring (bicyclic) bond motifs is 1. The number of nitrogens with zero attached hydrogens (tertiary/aromatic N) is 1. The molecule has 0 atom stereocenters. The molecule has 0 radical (unpaired) electrons. The van der Waals surface area contributed by atoms with Gasteiger partial charge in [0.15, 0.2) is 5.69 Å². The fourth-order valence-corrected chi connectivity index (χ4v) is 2.28. The molecule has 3 aromatic rings. The zero-order valence-electron chi connectivity index (χ0n) is 12.5. The lowest BCUT2D eigenvalue weighted by Gasteiger charge is -2.11. The number of carbonyl (C=O) groups is 1. The van der Waals surface area contributed by atoms with Gasteiger partial charge in [0, 0.05) is 11.1 Å². The van der Waals surface area contributed by atoms with Gasteiger partial charge in [0.25, 0.3) is 0 Å². The fraction of sp³-hybridized carbons (Fsp3) is 0.111. The van der Waals surface area contributed by atoms with Crippen molar-refractivity contribution < 1.29 is 9.53 Å². The van der Waals surface area contributed by atoms with Gasteiger partial charge in [-0.1, -0.05) is 35.9 Å². The van der Waals surface area contributed by atoms with E-state index in [1.807, 2.05) is 55.5 Å². The molecular weight excluding hydrogens is 276 g/mol. The number of hydrogen-bond acceptors (Lipinski definition) is 4. The highest BCUT2D eigenvalue weighted by Gasteiger charge is 2.12. The zero-order chi connectivity index (χ0) is 15.5. The van der Waals surface area contributed by atoms with Crippen LogP contribution in [0.3, 0.4) is 0 Å². The van der Waals surface area contributed by atoms with E-state index in [-0.39, 0.29) is 5.69 Å². The molecule has 0 saturated heterocycles. The van der Waals surface area contributed by atoms with Crippen LogP contribution in [-0.4, -0.2) is 18.1 Å². The molecule has 4 nitrogen and oxygen atoms in total. The van der Waals surface area contributed by atoms with E-state index in [9.17, 15) is 4.79 Å². The maximum absolute atomic E-state index is 11.8. The summed E-state index contributed by atoms with van der Waals surface area (Å²) in [6.45, 7) is 2.04. The molecule has 0 spiro atoms. The van der Waals surface area contributed by atoms with Gasteiger partial charge in [-0.3, -0.25) is 0 Å². The fourth-order valence-electron chi connectivity index (χ4n) is 2.28.